The van der Waals surface area contributed by atoms with Crippen molar-refractivity contribution in [3.05, 3.63) is 12.2 Å². The Bertz CT molecular complexity index is 195. The van der Waals surface area contributed by atoms with E-state index >= 15 is 0 Å². The maximum absolute atomic E-state index is 10.4. The molecule has 2 N–H and O–H groups in total. The van der Waals surface area contributed by atoms with Crippen molar-refractivity contribution in [1.29, 1.82) is 0 Å². The summed E-state index contributed by atoms with van der Waals surface area (Å²) in [6.45, 7) is 4.72. The van der Waals surface area contributed by atoms with Crippen molar-refractivity contribution < 1.29 is 9.90 Å². The number of hydrogen-bond donors (Lipinski definition) is 2. The summed E-state index contributed by atoms with van der Waals surface area (Å²) in [6.07, 6.45) is 7.00. The largest absolute Gasteiger partial charge is 0.478 e. The van der Waals surface area contributed by atoms with Gasteiger partial charge in [-0.15, -0.1) is 0 Å². The van der Waals surface area contributed by atoms with Gasteiger partial charge in [-0.2, -0.15) is 11.8 Å². The van der Waals surface area contributed by atoms with Crippen molar-refractivity contribution in [2.24, 2.45) is 0 Å². The lowest BCUT2D eigenvalue weighted by molar-refractivity contribution is -0.132. The molecule has 0 unspecified atom stereocenters. The van der Waals surface area contributed by atoms with Crippen LogP contribution in [-0.4, -0.2) is 36.2 Å². The molecular weight excluding hydrogens is 210 g/mol. The average molecular weight is 231 g/mol. The number of thioether (sulfide) groups is 1. The summed E-state index contributed by atoms with van der Waals surface area (Å²) < 4.78 is 0. The van der Waals surface area contributed by atoms with Gasteiger partial charge in [0.25, 0.3) is 0 Å². The van der Waals surface area contributed by atoms with Crippen LogP contribution in [0.1, 0.15) is 25.7 Å². The second-order valence-corrected chi connectivity index (χ2v) is 4.48. The Labute approximate surface area is 96.3 Å². The highest BCUT2D eigenvalue weighted by Gasteiger charge is 2.01. The lowest BCUT2D eigenvalue weighted by atomic mass is 10.2. The molecule has 0 fully saturated rings. The molecule has 0 saturated heterocycles. The maximum Gasteiger partial charge on any atom is 0.332 e. The molecule has 15 heavy (non-hydrogen) atoms. The molecule has 3 nitrogen and oxygen atoms in total. The van der Waals surface area contributed by atoms with Gasteiger partial charge in [0.05, 0.1) is 0 Å². The van der Waals surface area contributed by atoms with Gasteiger partial charge in [-0.25, -0.2) is 4.79 Å². The number of unbranched alkanes of at least 4 members (excludes halogenated alkanes) is 3. The van der Waals surface area contributed by atoms with Gasteiger partial charge in [-0.3, -0.25) is 0 Å². The normalized spacial score (nSPS) is 10.2. The van der Waals surface area contributed by atoms with Gasteiger partial charge in [0, 0.05) is 12.1 Å². The van der Waals surface area contributed by atoms with E-state index in [1.165, 1.54) is 25.0 Å². The molecule has 0 aromatic carbocycles. The van der Waals surface area contributed by atoms with Crippen LogP contribution in [0, 0.1) is 0 Å². The Morgan fingerprint density at radius 1 is 1.33 bits per heavy atom. The van der Waals surface area contributed by atoms with Gasteiger partial charge in [0.2, 0.25) is 0 Å². The van der Waals surface area contributed by atoms with Gasteiger partial charge in [-0.05, 0) is 31.4 Å². The van der Waals surface area contributed by atoms with Gasteiger partial charge in [0.1, 0.15) is 0 Å². The van der Waals surface area contributed by atoms with Crippen molar-refractivity contribution in [1.82, 2.24) is 5.32 Å². The second-order valence-electron chi connectivity index (χ2n) is 3.49. The first-order chi connectivity index (χ1) is 7.18. The van der Waals surface area contributed by atoms with Crippen molar-refractivity contribution in [2.45, 2.75) is 25.7 Å². The molecule has 0 aliphatic carbocycles. The molecule has 0 rings (SSSR count). The Morgan fingerprint density at radius 3 is 2.60 bits per heavy atom. The second kappa shape index (κ2) is 10.1. The molecule has 0 spiro atoms. The first-order valence-electron chi connectivity index (χ1n) is 5.29. The standard InChI is InChI=1S/C11H21NO2S/c1-10(11(13)14)9-12-7-5-3-4-6-8-15-2/h12H,1,3-9H2,2H3,(H,13,14). The molecule has 0 atom stereocenters. The van der Waals surface area contributed by atoms with Gasteiger partial charge >= 0.3 is 5.97 Å². The fourth-order valence-corrected chi connectivity index (χ4v) is 1.66. The summed E-state index contributed by atoms with van der Waals surface area (Å²) in [7, 11) is 0. The third kappa shape index (κ3) is 9.82. The van der Waals surface area contributed by atoms with Gasteiger partial charge in [0.15, 0.2) is 0 Å². The van der Waals surface area contributed by atoms with E-state index in [2.05, 4.69) is 18.2 Å². The number of hydrogen-bond acceptors (Lipinski definition) is 3. The zero-order chi connectivity index (χ0) is 11.5. The quantitative estimate of drug-likeness (QED) is 0.447. The highest BCUT2D eigenvalue weighted by atomic mass is 32.2. The zero-order valence-corrected chi connectivity index (χ0v) is 10.2. The molecule has 0 bridgehead atoms. The molecule has 0 saturated carbocycles. The minimum absolute atomic E-state index is 0.234. The van der Waals surface area contributed by atoms with Crippen LogP contribution in [0.3, 0.4) is 0 Å². The predicted molar refractivity (Wildman–Crippen MR) is 66.5 cm³/mol. The fraction of sp³-hybridized carbons (Fsp3) is 0.727. The monoisotopic (exact) mass is 231 g/mol. The molecule has 0 aromatic heterocycles. The molecule has 0 aliphatic rings. The predicted octanol–water partition coefficient (Wildman–Crippen LogP) is 2.14. The molecule has 0 heterocycles. The minimum atomic E-state index is -0.914. The molecule has 0 amide bonds. The van der Waals surface area contributed by atoms with Crippen LogP contribution in [-0.2, 0) is 4.79 Å². The summed E-state index contributed by atoms with van der Waals surface area (Å²) in [5.74, 6) is 0.325. The number of nitrogens with one attached hydrogen (secondary N) is 1. The topological polar surface area (TPSA) is 49.3 Å². The first kappa shape index (κ1) is 14.5. The molecule has 4 heteroatoms. The van der Waals surface area contributed by atoms with Crippen LogP contribution in [0.5, 0.6) is 0 Å². The lowest BCUT2D eigenvalue weighted by Crippen LogP contribution is -2.21. The first-order valence-corrected chi connectivity index (χ1v) is 6.68. The third-order valence-electron chi connectivity index (χ3n) is 2.09. The zero-order valence-electron chi connectivity index (χ0n) is 9.42. The summed E-state index contributed by atoms with van der Waals surface area (Å²) in [6, 6.07) is 0. The van der Waals surface area contributed by atoms with E-state index in [0.717, 1.165) is 13.0 Å². The van der Waals surface area contributed by atoms with Crippen molar-refractivity contribution in [2.75, 3.05) is 25.1 Å². The fourth-order valence-electron chi connectivity index (χ4n) is 1.16. The van der Waals surface area contributed by atoms with Crippen molar-refractivity contribution in [3.8, 4) is 0 Å². The smallest absolute Gasteiger partial charge is 0.332 e. The van der Waals surface area contributed by atoms with E-state index in [1.807, 2.05) is 11.8 Å². The molecule has 88 valence electrons. The van der Waals surface area contributed by atoms with Crippen LogP contribution in [0.4, 0.5) is 0 Å². The Balaban J connectivity index is 3.11. The minimum Gasteiger partial charge on any atom is -0.478 e. The molecule has 0 aromatic rings. The van der Waals surface area contributed by atoms with Gasteiger partial charge < -0.3 is 10.4 Å². The van der Waals surface area contributed by atoms with Gasteiger partial charge in [-0.1, -0.05) is 19.4 Å². The van der Waals surface area contributed by atoms with Crippen LogP contribution >= 0.6 is 11.8 Å². The summed E-state index contributed by atoms with van der Waals surface area (Å²) >= 11 is 1.88. The van der Waals surface area contributed by atoms with E-state index < -0.39 is 5.97 Å². The number of carboxylic acids is 1. The van der Waals surface area contributed by atoms with Crippen LogP contribution in [0.25, 0.3) is 0 Å². The van der Waals surface area contributed by atoms with E-state index in [4.69, 9.17) is 5.11 Å². The SMILES string of the molecule is C=C(CNCCCCCCSC)C(=O)O. The lowest BCUT2D eigenvalue weighted by Gasteiger charge is -2.04. The van der Waals surface area contributed by atoms with Crippen molar-refractivity contribution in [3.63, 3.8) is 0 Å². The van der Waals surface area contributed by atoms with Crippen LogP contribution in [0.15, 0.2) is 12.2 Å². The summed E-state index contributed by atoms with van der Waals surface area (Å²) in [5, 5.41) is 11.6. The van der Waals surface area contributed by atoms with E-state index in [-0.39, 0.29) is 5.57 Å². The highest BCUT2D eigenvalue weighted by Crippen LogP contribution is 2.03. The Hall–Kier alpha value is -0.480. The van der Waals surface area contributed by atoms with Crippen molar-refractivity contribution >= 4 is 17.7 Å². The van der Waals surface area contributed by atoms with E-state index in [9.17, 15) is 4.79 Å². The number of aliphatic carboxylic acids is 1. The Morgan fingerprint density at radius 2 is 2.00 bits per heavy atom. The summed E-state index contributed by atoms with van der Waals surface area (Å²) in [5.41, 5.74) is 0.234. The van der Waals surface area contributed by atoms with E-state index in [1.54, 1.807) is 0 Å². The number of carboxylic acid groups (broad SMARTS) is 1. The molecule has 0 radical (unpaired) electrons. The maximum atomic E-state index is 10.4. The van der Waals surface area contributed by atoms with Crippen LogP contribution < -0.4 is 5.32 Å². The highest BCUT2D eigenvalue weighted by molar-refractivity contribution is 7.98. The van der Waals surface area contributed by atoms with E-state index in [0.29, 0.717) is 6.54 Å². The average Bonchev–Trinajstić information content (AvgIpc) is 2.21. The van der Waals surface area contributed by atoms with Crippen LogP contribution in [0.2, 0.25) is 0 Å². The number of carbonyl (C=O) groups is 1. The molecular formula is C11H21NO2S. The number of rotatable bonds is 10. The third-order valence-corrected chi connectivity index (χ3v) is 2.79. The summed E-state index contributed by atoms with van der Waals surface area (Å²) in [4.78, 5) is 10.4. The Kier molecular flexibility index (Phi) is 9.73. The molecule has 0 aliphatic heterocycles.